The molecular formula is C11H14ClN5O. The molecular weight excluding hydrogens is 254 g/mol. The summed E-state index contributed by atoms with van der Waals surface area (Å²) in [7, 11) is 1.71. The van der Waals surface area contributed by atoms with Crippen molar-refractivity contribution in [2.75, 3.05) is 6.61 Å². The summed E-state index contributed by atoms with van der Waals surface area (Å²) in [4.78, 5) is 1.40. The van der Waals surface area contributed by atoms with E-state index in [1.807, 2.05) is 0 Å². The number of aromatic nitrogens is 4. The van der Waals surface area contributed by atoms with Gasteiger partial charge in [0, 0.05) is 17.5 Å². The molecule has 18 heavy (non-hydrogen) atoms. The first-order valence-corrected chi connectivity index (χ1v) is 5.88. The second-order valence-corrected chi connectivity index (χ2v) is 4.36. The second kappa shape index (κ2) is 5.79. The maximum absolute atomic E-state index is 5.92. The average molecular weight is 268 g/mol. The van der Waals surface area contributed by atoms with E-state index in [2.05, 4.69) is 15.4 Å². The Balaban J connectivity index is 1.81. The number of benzene rings is 1. The average Bonchev–Trinajstić information content (AvgIpc) is 2.74. The molecule has 0 aliphatic carbocycles. The lowest BCUT2D eigenvalue weighted by Gasteiger charge is -2.11. The van der Waals surface area contributed by atoms with Crippen LogP contribution >= 0.6 is 11.6 Å². The van der Waals surface area contributed by atoms with Crippen LogP contribution < -0.4 is 10.5 Å². The molecule has 1 aromatic carbocycles. The SMILES string of the molecule is Cn1nnc(CC(N)COc2ccc(Cl)cc2)n1. The van der Waals surface area contributed by atoms with Gasteiger partial charge >= 0.3 is 0 Å². The van der Waals surface area contributed by atoms with Crippen molar-refractivity contribution in [2.45, 2.75) is 12.5 Å². The Morgan fingerprint density at radius 1 is 1.39 bits per heavy atom. The highest BCUT2D eigenvalue weighted by Crippen LogP contribution is 2.15. The van der Waals surface area contributed by atoms with E-state index in [1.165, 1.54) is 4.80 Å². The zero-order valence-electron chi connectivity index (χ0n) is 9.95. The number of hydrogen-bond acceptors (Lipinski definition) is 5. The summed E-state index contributed by atoms with van der Waals surface area (Å²) in [6, 6.07) is 6.97. The lowest BCUT2D eigenvalue weighted by molar-refractivity contribution is 0.286. The number of rotatable bonds is 5. The van der Waals surface area contributed by atoms with Crippen LogP contribution in [0.2, 0.25) is 5.02 Å². The van der Waals surface area contributed by atoms with E-state index in [0.29, 0.717) is 23.9 Å². The molecule has 0 bridgehead atoms. The number of nitrogens with zero attached hydrogens (tertiary/aromatic N) is 4. The van der Waals surface area contributed by atoms with Crippen LogP contribution in [-0.4, -0.2) is 32.9 Å². The van der Waals surface area contributed by atoms with E-state index in [9.17, 15) is 0 Å². The first kappa shape index (κ1) is 12.8. The highest BCUT2D eigenvalue weighted by atomic mass is 35.5. The predicted molar refractivity (Wildman–Crippen MR) is 67.4 cm³/mol. The molecule has 1 atom stereocenters. The van der Waals surface area contributed by atoms with Crippen LogP contribution in [0.25, 0.3) is 0 Å². The fourth-order valence-electron chi connectivity index (χ4n) is 1.43. The molecule has 1 heterocycles. The number of halogens is 1. The zero-order valence-corrected chi connectivity index (χ0v) is 10.7. The summed E-state index contributed by atoms with van der Waals surface area (Å²) in [6.07, 6.45) is 0.529. The van der Waals surface area contributed by atoms with Crippen molar-refractivity contribution in [3.63, 3.8) is 0 Å². The molecule has 6 nitrogen and oxygen atoms in total. The molecule has 0 saturated carbocycles. The Kier molecular flexibility index (Phi) is 4.11. The Bertz CT molecular complexity index is 498. The summed E-state index contributed by atoms with van der Waals surface area (Å²) in [5.41, 5.74) is 5.92. The third-order valence-corrected chi connectivity index (χ3v) is 2.52. The van der Waals surface area contributed by atoms with Crippen LogP contribution in [-0.2, 0) is 13.5 Å². The van der Waals surface area contributed by atoms with E-state index >= 15 is 0 Å². The Morgan fingerprint density at radius 3 is 2.72 bits per heavy atom. The van der Waals surface area contributed by atoms with Gasteiger partial charge in [-0.15, -0.1) is 10.2 Å². The number of tetrazole rings is 1. The van der Waals surface area contributed by atoms with E-state index in [-0.39, 0.29) is 6.04 Å². The quantitative estimate of drug-likeness (QED) is 0.867. The molecule has 0 aliphatic rings. The molecule has 0 radical (unpaired) electrons. The van der Waals surface area contributed by atoms with Gasteiger partial charge in [0.2, 0.25) is 0 Å². The molecule has 1 unspecified atom stereocenters. The minimum Gasteiger partial charge on any atom is -0.492 e. The fourth-order valence-corrected chi connectivity index (χ4v) is 1.56. The van der Waals surface area contributed by atoms with Gasteiger partial charge in [-0.05, 0) is 29.5 Å². The number of ether oxygens (including phenoxy) is 1. The van der Waals surface area contributed by atoms with Crippen LogP contribution in [0, 0.1) is 0 Å². The van der Waals surface area contributed by atoms with E-state index in [0.717, 1.165) is 5.75 Å². The summed E-state index contributed by atoms with van der Waals surface area (Å²) in [5, 5.41) is 12.3. The lowest BCUT2D eigenvalue weighted by atomic mass is 10.2. The molecule has 0 fully saturated rings. The van der Waals surface area contributed by atoms with E-state index < -0.39 is 0 Å². The number of hydrogen-bond donors (Lipinski definition) is 1. The summed E-state index contributed by atoms with van der Waals surface area (Å²) < 4.78 is 5.54. The largest absolute Gasteiger partial charge is 0.492 e. The van der Waals surface area contributed by atoms with Gasteiger partial charge in [0.25, 0.3) is 0 Å². The van der Waals surface area contributed by atoms with Crippen LogP contribution in [0.3, 0.4) is 0 Å². The van der Waals surface area contributed by atoms with Gasteiger partial charge in [0.15, 0.2) is 5.82 Å². The minimum atomic E-state index is -0.176. The van der Waals surface area contributed by atoms with Crippen LogP contribution in [0.1, 0.15) is 5.82 Å². The monoisotopic (exact) mass is 267 g/mol. The molecule has 2 N–H and O–H groups in total. The van der Waals surface area contributed by atoms with Crippen LogP contribution in [0.5, 0.6) is 5.75 Å². The van der Waals surface area contributed by atoms with E-state index in [1.54, 1.807) is 31.3 Å². The first-order chi connectivity index (χ1) is 8.63. The van der Waals surface area contributed by atoms with Crippen molar-refractivity contribution in [3.8, 4) is 5.75 Å². The lowest BCUT2D eigenvalue weighted by Crippen LogP contribution is -2.30. The molecule has 0 saturated heterocycles. The van der Waals surface area contributed by atoms with Crippen molar-refractivity contribution in [1.82, 2.24) is 20.2 Å². The standard InChI is InChI=1S/C11H14ClN5O/c1-17-15-11(14-16-17)6-9(13)7-18-10-4-2-8(12)3-5-10/h2-5,9H,6-7,13H2,1H3. The summed E-state index contributed by atoms with van der Waals surface area (Å²) in [5.74, 6) is 1.35. The van der Waals surface area contributed by atoms with Gasteiger partial charge in [0.05, 0.1) is 7.05 Å². The van der Waals surface area contributed by atoms with Gasteiger partial charge in [0.1, 0.15) is 12.4 Å². The van der Waals surface area contributed by atoms with Gasteiger partial charge in [-0.25, -0.2) is 0 Å². The van der Waals surface area contributed by atoms with Crippen molar-refractivity contribution >= 4 is 11.6 Å². The molecule has 7 heteroatoms. The molecule has 0 aliphatic heterocycles. The van der Waals surface area contributed by atoms with Gasteiger partial charge in [-0.2, -0.15) is 4.80 Å². The molecule has 96 valence electrons. The number of nitrogens with two attached hydrogens (primary N) is 1. The topological polar surface area (TPSA) is 78.9 Å². The fraction of sp³-hybridized carbons (Fsp3) is 0.364. The first-order valence-electron chi connectivity index (χ1n) is 5.50. The molecule has 1 aromatic heterocycles. The maximum Gasteiger partial charge on any atom is 0.176 e. The smallest absolute Gasteiger partial charge is 0.176 e. The van der Waals surface area contributed by atoms with Crippen molar-refractivity contribution in [3.05, 3.63) is 35.1 Å². The predicted octanol–water partition coefficient (Wildman–Crippen LogP) is 0.812. The number of aryl methyl sites for hydroxylation is 1. The highest BCUT2D eigenvalue weighted by molar-refractivity contribution is 6.30. The van der Waals surface area contributed by atoms with Crippen molar-refractivity contribution in [2.24, 2.45) is 12.8 Å². The molecule has 2 rings (SSSR count). The Hall–Kier alpha value is -1.66. The second-order valence-electron chi connectivity index (χ2n) is 3.92. The van der Waals surface area contributed by atoms with Crippen molar-refractivity contribution < 1.29 is 4.74 Å². The Morgan fingerprint density at radius 2 is 2.11 bits per heavy atom. The zero-order chi connectivity index (χ0) is 13.0. The van der Waals surface area contributed by atoms with Gasteiger partial charge < -0.3 is 10.5 Å². The Labute approximate surface area is 110 Å². The van der Waals surface area contributed by atoms with Crippen molar-refractivity contribution in [1.29, 1.82) is 0 Å². The third-order valence-electron chi connectivity index (χ3n) is 2.27. The molecule has 0 amide bonds. The summed E-state index contributed by atoms with van der Waals surface area (Å²) in [6.45, 7) is 0.389. The van der Waals surface area contributed by atoms with E-state index in [4.69, 9.17) is 22.1 Å². The molecule has 0 spiro atoms. The summed E-state index contributed by atoms with van der Waals surface area (Å²) >= 11 is 5.78. The van der Waals surface area contributed by atoms with Gasteiger partial charge in [-0.3, -0.25) is 0 Å². The molecule has 2 aromatic rings. The maximum atomic E-state index is 5.92. The van der Waals surface area contributed by atoms with Crippen LogP contribution in [0.15, 0.2) is 24.3 Å². The minimum absolute atomic E-state index is 0.176. The normalized spacial score (nSPS) is 12.4. The van der Waals surface area contributed by atoms with Gasteiger partial charge in [-0.1, -0.05) is 11.6 Å². The van der Waals surface area contributed by atoms with Crippen LogP contribution in [0.4, 0.5) is 0 Å². The third kappa shape index (κ3) is 3.68. The highest BCUT2D eigenvalue weighted by Gasteiger charge is 2.09.